The molecule has 0 nitrogen and oxygen atoms in total. The molecular formula is C16H33I. The highest BCUT2D eigenvalue weighted by Gasteiger charge is 2.18. The van der Waals surface area contributed by atoms with Crippen LogP contribution < -0.4 is 0 Å². The maximum atomic E-state index is 2.66. The Morgan fingerprint density at radius 3 is 2.06 bits per heavy atom. The van der Waals surface area contributed by atoms with Crippen molar-refractivity contribution in [3.63, 3.8) is 0 Å². The van der Waals surface area contributed by atoms with Gasteiger partial charge in [-0.05, 0) is 24.7 Å². The first kappa shape index (κ1) is 17.7. The van der Waals surface area contributed by atoms with Gasteiger partial charge in [-0.2, -0.15) is 0 Å². The summed E-state index contributed by atoms with van der Waals surface area (Å²) < 4.78 is 0.546. The van der Waals surface area contributed by atoms with Gasteiger partial charge in [0.1, 0.15) is 0 Å². The van der Waals surface area contributed by atoms with Gasteiger partial charge in [-0.3, -0.25) is 0 Å². The molecule has 0 aromatic rings. The minimum Gasteiger partial charge on any atom is -0.0792 e. The Labute approximate surface area is 123 Å². The molecule has 0 radical (unpaired) electrons. The summed E-state index contributed by atoms with van der Waals surface area (Å²) in [5.74, 6) is 1.81. The second kappa shape index (κ2) is 9.63. The van der Waals surface area contributed by atoms with Crippen LogP contribution in [-0.4, -0.2) is 3.42 Å². The van der Waals surface area contributed by atoms with Crippen molar-refractivity contribution in [2.75, 3.05) is 0 Å². The highest BCUT2D eigenvalue weighted by atomic mass is 127. The van der Waals surface area contributed by atoms with Gasteiger partial charge in [0, 0.05) is 3.42 Å². The first-order valence-electron chi connectivity index (χ1n) is 7.56. The molecule has 0 aliphatic rings. The normalized spacial score (nSPS) is 17.1. The van der Waals surface area contributed by atoms with E-state index in [-0.39, 0.29) is 0 Å². The van der Waals surface area contributed by atoms with Gasteiger partial charge in [0.05, 0.1) is 0 Å². The van der Waals surface area contributed by atoms with Crippen molar-refractivity contribution in [3.8, 4) is 0 Å². The quantitative estimate of drug-likeness (QED) is 0.306. The molecular weight excluding hydrogens is 319 g/mol. The molecule has 0 saturated carbocycles. The summed E-state index contributed by atoms with van der Waals surface area (Å²) in [6, 6.07) is 0. The van der Waals surface area contributed by atoms with Crippen LogP contribution in [-0.2, 0) is 0 Å². The Morgan fingerprint density at radius 1 is 0.941 bits per heavy atom. The van der Waals surface area contributed by atoms with Crippen LogP contribution in [0, 0.1) is 11.8 Å². The van der Waals surface area contributed by atoms with Gasteiger partial charge in [0.15, 0.2) is 0 Å². The van der Waals surface area contributed by atoms with Crippen molar-refractivity contribution in [1.82, 2.24) is 0 Å². The zero-order valence-corrected chi connectivity index (χ0v) is 14.8. The van der Waals surface area contributed by atoms with E-state index in [0.717, 1.165) is 11.8 Å². The second-order valence-electron chi connectivity index (χ2n) is 6.49. The van der Waals surface area contributed by atoms with Crippen LogP contribution in [0.25, 0.3) is 0 Å². The van der Waals surface area contributed by atoms with Gasteiger partial charge in [-0.15, -0.1) is 0 Å². The summed E-state index contributed by atoms with van der Waals surface area (Å²) in [7, 11) is 0. The molecule has 1 heteroatoms. The number of hydrogen-bond donors (Lipinski definition) is 0. The average Bonchev–Trinajstić information content (AvgIpc) is 2.16. The summed E-state index contributed by atoms with van der Waals surface area (Å²) in [6.45, 7) is 11.8. The van der Waals surface area contributed by atoms with Gasteiger partial charge in [0.2, 0.25) is 0 Å². The molecule has 104 valence electrons. The molecule has 0 amide bonds. The standard InChI is InChI=1S/C16H33I/c1-6-12-16(5,17)13-8-11-15(4)10-7-9-14(2)3/h14-15H,6-13H2,1-5H3. The molecule has 2 atom stereocenters. The van der Waals surface area contributed by atoms with Gasteiger partial charge >= 0.3 is 0 Å². The predicted octanol–water partition coefficient (Wildman–Crippen LogP) is 6.61. The third-order valence-electron chi connectivity index (χ3n) is 3.64. The van der Waals surface area contributed by atoms with Crippen LogP contribution in [0.3, 0.4) is 0 Å². The molecule has 0 aliphatic heterocycles. The van der Waals surface area contributed by atoms with Crippen LogP contribution in [0.2, 0.25) is 0 Å². The van der Waals surface area contributed by atoms with Crippen molar-refractivity contribution in [2.24, 2.45) is 11.8 Å². The fraction of sp³-hybridized carbons (Fsp3) is 1.00. The third kappa shape index (κ3) is 11.5. The highest BCUT2D eigenvalue weighted by molar-refractivity contribution is 14.1. The topological polar surface area (TPSA) is 0 Å². The van der Waals surface area contributed by atoms with Crippen LogP contribution in [0.15, 0.2) is 0 Å². The van der Waals surface area contributed by atoms with E-state index in [4.69, 9.17) is 0 Å². The van der Waals surface area contributed by atoms with E-state index < -0.39 is 0 Å². The molecule has 0 aliphatic carbocycles. The molecule has 0 rings (SSSR count). The molecule has 0 saturated heterocycles. The predicted molar refractivity (Wildman–Crippen MR) is 89.0 cm³/mol. The summed E-state index contributed by atoms with van der Waals surface area (Å²) in [6.07, 6.45) is 11.2. The highest BCUT2D eigenvalue weighted by Crippen LogP contribution is 2.31. The van der Waals surface area contributed by atoms with Crippen LogP contribution in [0.5, 0.6) is 0 Å². The van der Waals surface area contributed by atoms with E-state index in [9.17, 15) is 0 Å². The van der Waals surface area contributed by atoms with Crippen molar-refractivity contribution in [2.45, 2.75) is 89.4 Å². The molecule has 0 N–H and O–H groups in total. The Balaban J connectivity index is 3.53. The van der Waals surface area contributed by atoms with Crippen molar-refractivity contribution in [1.29, 1.82) is 0 Å². The summed E-state index contributed by atoms with van der Waals surface area (Å²) in [5.41, 5.74) is 0. The van der Waals surface area contributed by atoms with Crippen molar-refractivity contribution in [3.05, 3.63) is 0 Å². The fourth-order valence-corrected chi connectivity index (χ4v) is 3.41. The Morgan fingerprint density at radius 2 is 1.53 bits per heavy atom. The summed E-state index contributed by atoms with van der Waals surface area (Å²) in [5, 5.41) is 0. The molecule has 2 unspecified atom stereocenters. The average molecular weight is 352 g/mol. The molecule has 0 fully saturated rings. The second-order valence-corrected chi connectivity index (χ2v) is 9.09. The number of alkyl halides is 1. The fourth-order valence-electron chi connectivity index (χ4n) is 2.48. The van der Waals surface area contributed by atoms with Crippen molar-refractivity contribution >= 4 is 22.6 Å². The van der Waals surface area contributed by atoms with E-state index in [1.807, 2.05) is 0 Å². The van der Waals surface area contributed by atoms with Crippen LogP contribution in [0.1, 0.15) is 86.0 Å². The summed E-state index contributed by atoms with van der Waals surface area (Å²) in [4.78, 5) is 0. The van der Waals surface area contributed by atoms with Gasteiger partial charge < -0.3 is 0 Å². The number of hydrogen-bond acceptors (Lipinski definition) is 0. The molecule has 0 spiro atoms. The van der Waals surface area contributed by atoms with Crippen LogP contribution >= 0.6 is 22.6 Å². The number of halogens is 1. The maximum Gasteiger partial charge on any atom is 0.0194 e. The molecule has 0 aromatic carbocycles. The first-order chi connectivity index (χ1) is 7.87. The lowest BCUT2D eigenvalue weighted by molar-refractivity contribution is 0.408. The number of rotatable bonds is 10. The maximum absolute atomic E-state index is 2.66. The van der Waals surface area contributed by atoms with Gasteiger partial charge in [0.25, 0.3) is 0 Å². The van der Waals surface area contributed by atoms with Crippen LogP contribution in [0.4, 0.5) is 0 Å². The monoisotopic (exact) mass is 352 g/mol. The Kier molecular flexibility index (Phi) is 10.0. The van der Waals surface area contributed by atoms with Crippen molar-refractivity contribution < 1.29 is 0 Å². The Bertz CT molecular complexity index is 172. The first-order valence-corrected chi connectivity index (χ1v) is 8.64. The summed E-state index contributed by atoms with van der Waals surface area (Å²) >= 11 is 2.66. The molecule has 0 bridgehead atoms. The smallest absolute Gasteiger partial charge is 0.0194 e. The molecule has 0 heterocycles. The zero-order chi connectivity index (χ0) is 13.3. The Hall–Kier alpha value is 0.730. The van der Waals surface area contributed by atoms with E-state index in [2.05, 4.69) is 57.2 Å². The minimum atomic E-state index is 0.546. The molecule has 0 aromatic heterocycles. The van der Waals surface area contributed by atoms with Gasteiger partial charge in [-0.1, -0.05) is 95.7 Å². The van der Waals surface area contributed by atoms with E-state index in [1.165, 1.54) is 51.4 Å². The third-order valence-corrected chi connectivity index (χ3v) is 4.72. The minimum absolute atomic E-state index is 0.546. The van der Waals surface area contributed by atoms with E-state index >= 15 is 0 Å². The lowest BCUT2D eigenvalue weighted by Gasteiger charge is -2.22. The lowest BCUT2D eigenvalue weighted by Crippen LogP contribution is -2.15. The largest absolute Gasteiger partial charge is 0.0792 e. The zero-order valence-electron chi connectivity index (χ0n) is 12.7. The van der Waals surface area contributed by atoms with Gasteiger partial charge in [-0.25, -0.2) is 0 Å². The van der Waals surface area contributed by atoms with E-state index in [0.29, 0.717) is 3.42 Å². The SMILES string of the molecule is CCCC(C)(I)CCCC(C)CCCC(C)C. The lowest BCUT2D eigenvalue weighted by atomic mass is 9.92. The molecule has 17 heavy (non-hydrogen) atoms. The van der Waals surface area contributed by atoms with E-state index in [1.54, 1.807) is 0 Å².